The quantitative estimate of drug-likeness (QED) is 0.837. The molecule has 7 heteroatoms. The Morgan fingerprint density at radius 3 is 2.55 bits per heavy atom. The number of benzene rings is 2. The maximum atomic E-state index is 12.7. The van der Waals surface area contributed by atoms with Gasteiger partial charge >= 0.3 is 0 Å². The minimum atomic E-state index is -3.62. The van der Waals surface area contributed by atoms with Crippen molar-refractivity contribution in [1.29, 1.82) is 0 Å². The Labute approximate surface area is 171 Å². The van der Waals surface area contributed by atoms with Gasteiger partial charge in [0, 0.05) is 30.3 Å². The zero-order valence-electron chi connectivity index (χ0n) is 16.6. The molecule has 0 saturated carbocycles. The van der Waals surface area contributed by atoms with Gasteiger partial charge in [0.25, 0.3) is 10.0 Å². The molecule has 2 aliphatic heterocycles. The second-order valence-electron chi connectivity index (χ2n) is 7.92. The molecular weight excluding hydrogens is 386 g/mol. The summed E-state index contributed by atoms with van der Waals surface area (Å²) in [6.45, 7) is 5.46. The lowest BCUT2D eigenvalue weighted by molar-refractivity contribution is -0.120. The molecule has 2 heterocycles. The van der Waals surface area contributed by atoms with Crippen LogP contribution in [0.25, 0.3) is 0 Å². The van der Waals surface area contributed by atoms with E-state index in [0.717, 1.165) is 5.69 Å². The maximum absolute atomic E-state index is 12.7. The molecular formula is C22H25N3O3S. The van der Waals surface area contributed by atoms with Gasteiger partial charge in [-0.2, -0.15) is 8.42 Å². The van der Waals surface area contributed by atoms with Crippen LogP contribution in [-0.2, 0) is 14.8 Å². The highest BCUT2D eigenvalue weighted by atomic mass is 32.2. The normalized spacial score (nSPS) is 18.4. The van der Waals surface area contributed by atoms with Crippen LogP contribution in [0.3, 0.4) is 0 Å². The number of carbonyl (C=O) groups excluding carboxylic acids is 1. The molecule has 1 saturated heterocycles. The van der Waals surface area contributed by atoms with Crippen LogP contribution in [0.15, 0.2) is 57.8 Å². The van der Waals surface area contributed by atoms with E-state index in [0.29, 0.717) is 43.2 Å². The smallest absolute Gasteiger partial charge is 0.285 e. The molecule has 6 nitrogen and oxygen atoms in total. The van der Waals surface area contributed by atoms with Gasteiger partial charge in [0.2, 0.25) is 5.91 Å². The van der Waals surface area contributed by atoms with Crippen LogP contribution in [0.1, 0.15) is 43.7 Å². The zero-order chi connectivity index (χ0) is 20.6. The first-order valence-corrected chi connectivity index (χ1v) is 11.4. The van der Waals surface area contributed by atoms with E-state index in [2.05, 4.69) is 29.6 Å². The van der Waals surface area contributed by atoms with E-state index >= 15 is 0 Å². The lowest BCUT2D eigenvalue weighted by atomic mass is 9.95. The van der Waals surface area contributed by atoms with Gasteiger partial charge in [0.05, 0.1) is 0 Å². The van der Waals surface area contributed by atoms with Gasteiger partial charge < -0.3 is 10.2 Å². The zero-order valence-corrected chi connectivity index (χ0v) is 17.4. The fraction of sp³-hybridized carbons (Fsp3) is 0.364. The standard InChI is InChI=1S/C22H25N3O3S/c1-15(2)17-6-5-7-18(14-17)23-22(26)16-10-12-25(13-11-16)21-19-8-3-4-9-20(19)29(27,28)24-21/h3-9,14-16H,10-13H2,1-2H3,(H,23,26). The summed E-state index contributed by atoms with van der Waals surface area (Å²) >= 11 is 0. The molecule has 1 N–H and O–H groups in total. The summed E-state index contributed by atoms with van der Waals surface area (Å²) in [5.41, 5.74) is 2.67. The first kappa shape index (κ1) is 19.6. The Morgan fingerprint density at radius 1 is 1.10 bits per heavy atom. The summed E-state index contributed by atoms with van der Waals surface area (Å²) in [4.78, 5) is 15.0. The van der Waals surface area contributed by atoms with Crippen molar-refractivity contribution in [1.82, 2.24) is 4.90 Å². The Kier molecular flexibility index (Phi) is 5.17. The van der Waals surface area contributed by atoms with E-state index in [9.17, 15) is 13.2 Å². The SMILES string of the molecule is CC(C)c1cccc(NC(=O)C2CCN(C3=NS(=O)(=O)c4ccccc43)CC2)c1. The second kappa shape index (κ2) is 7.63. The van der Waals surface area contributed by atoms with Crippen LogP contribution in [0, 0.1) is 5.92 Å². The Balaban J connectivity index is 1.41. The topological polar surface area (TPSA) is 78.8 Å². The number of likely N-dealkylation sites (tertiary alicyclic amines) is 1. The van der Waals surface area contributed by atoms with Gasteiger partial charge in [-0.3, -0.25) is 4.79 Å². The predicted molar refractivity (Wildman–Crippen MR) is 114 cm³/mol. The van der Waals surface area contributed by atoms with Crippen molar-refractivity contribution in [3.05, 3.63) is 59.7 Å². The molecule has 1 amide bonds. The van der Waals surface area contributed by atoms with E-state index in [-0.39, 0.29) is 16.7 Å². The van der Waals surface area contributed by atoms with Gasteiger partial charge in [-0.05, 0) is 48.6 Å². The van der Waals surface area contributed by atoms with Crippen LogP contribution in [0.2, 0.25) is 0 Å². The van der Waals surface area contributed by atoms with E-state index < -0.39 is 10.0 Å². The second-order valence-corrected chi connectivity index (χ2v) is 9.49. The highest BCUT2D eigenvalue weighted by molar-refractivity contribution is 7.90. The average molecular weight is 412 g/mol. The van der Waals surface area contributed by atoms with Gasteiger partial charge in [-0.15, -0.1) is 4.40 Å². The maximum Gasteiger partial charge on any atom is 0.285 e. The van der Waals surface area contributed by atoms with E-state index in [1.165, 1.54) is 5.56 Å². The molecule has 29 heavy (non-hydrogen) atoms. The van der Waals surface area contributed by atoms with Crippen LogP contribution in [-0.4, -0.2) is 38.2 Å². The molecule has 0 unspecified atom stereocenters. The summed E-state index contributed by atoms with van der Waals surface area (Å²) in [7, 11) is -3.62. The fourth-order valence-electron chi connectivity index (χ4n) is 3.89. The number of rotatable bonds is 3. The minimum absolute atomic E-state index is 0.0203. The predicted octanol–water partition coefficient (Wildman–Crippen LogP) is 3.61. The van der Waals surface area contributed by atoms with Crippen LogP contribution in [0.4, 0.5) is 5.69 Å². The lowest BCUT2D eigenvalue weighted by Gasteiger charge is -2.32. The molecule has 0 aliphatic carbocycles. The number of hydrogen-bond donors (Lipinski definition) is 1. The van der Waals surface area contributed by atoms with Crippen molar-refractivity contribution in [2.24, 2.45) is 10.3 Å². The molecule has 4 rings (SSSR count). The van der Waals surface area contributed by atoms with E-state index in [1.807, 2.05) is 29.2 Å². The number of piperidine rings is 1. The third-order valence-corrected chi connectivity index (χ3v) is 6.92. The minimum Gasteiger partial charge on any atom is -0.355 e. The fourth-order valence-corrected chi connectivity index (χ4v) is 5.12. The Hall–Kier alpha value is -2.67. The molecule has 1 fully saturated rings. The molecule has 2 aromatic rings. The van der Waals surface area contributed by atoms with Gasteiger partial charge in [0.15, 0.2) is 5.84 Å². The van der Waals surface area contributed by atoms with E-state index in [1.54, 1.807) is 18.2 Å². The molecule has 0 atom stereocenters. The van der Waals surface area contributed by atoms with Gasteiger partial charge in [-0.1, -0.05) is 38.1 Å². The first-order chi connectivity index (χ1) is 13.8. The van der Waals surface area contributed by atoms with Crippen molar-refractivity contribution < 1.29 is 13.2 Å². The van der Waals surface area contributed by atoms with Crippen molar-refractivity contribution in [3.63, 3.8) is 0 Å². The molecule has 0 aromatic heterocycles. The number of amides is 1. The van der Waals surface area contributed by atoms with Crippen LogP contribution < -0.4 is 5.32 Å². The molecule has 0 spiro atoms. The van der Waals surface area contributed by atoms with Crippen molar-refractivity contribution in [2.75, 3.05) is 18.4 Å². The number of carbonyl (C=O) groups is 1. The molecule has 152 valence electrons. The lowest BCUT2D eigenvalue weighted by Crippen LogP contribution is -2.41. The summed E-state index contributed by atoms with van der Waals surface area (Å²) in [6, 6.07) is 14.9. The number of fused-ring (bicyclic) bond motifs is 1. The third kappa shape index (κ3) is 3.92. The number of amidine groups is 1. The summed E-state index contributed by atoms with van der Waals surface area (Å²) in [5, 5.41) is 3.04. The van der Waals surface area contributed by atoms with Crippen LogP contribution >= 0.6 is 0 Å². The molecule has 0 bridgehead atoms. The molecule has 2 aliphatic rings. The van der Waals surface area contributed by atoms with Crippen LogP contribution in [0.5, 0.6) is 0 Å². The highest BCUT2D eigenvalue weighted by Crippen LogP contribution is 2.30. The third-order valence-electron chi connectivity index (χ3n) is 5.60. The first-order valence-electron chi connectivity index (χ1n) is 9.95. The number of hydrogen-bond acceptors (Lipinski definition) is 4. The summed E-state index contributed by atoms with van der Waals surface area (Å²) < 4.78 is 28.5. The Morgan fingerprint density at radius 2 is 1.83 bits per heavy atom. The van der Waals surface area contributed by atoms with Crippen molar-refractivity contribution in [3.8, 4) is 0 Å². The Bertz CT molecular complexity index is 1070. The van der Waals surface area contributed by atoms with Gasteiger partial charge in [-0.25, -0.2) is 0 Å². The largest absolute Gasteiger partial charge is 0.355 e. The van der Waals surface area contributed by atoms with E-state index in [4.69, 9.17) is 0 Å². The average Bonchev–Trinajstić information content (AvgIpc) is 2.99. The van der Waals surface area contributed by atoms with Gasteiger partial charge in [0.1, 0.15) is 4.90 Å². The number of nitrogens with one attached hydrogen (secondary N) is 1. The number of nitrogens with zero attached hydrogens (tertiary/aromatic N) is 2. The molecule has 0 radical (unpaired) electrons. The number of anilines is 1. The van der Waals surface area contributed by atoms with Crippen molar-refractivity contribution >= 4 is 27.5 Å². The molecule has 2 aromatic carbocycles. The summed E-state index contributed by atoms with van der Waals surface area (Å²) in [5.74, 6) is 0.834. The highest BCUT2D eigenvalue weighted by Gasteiger charge is 2.34. The van der Waals surface area contributed by atoms with Crippen molar-refractivity contribution in [2.45, 2.75) is 37.5 Å². The number of sulfonamides is 1. The monoisotopic (exact) mass is 411 g/mol. The summed E-state index contributed by atoms with van der Waals surface area (Å²) in [6.07, 6.45) is 1.33.